The zero-order valence-electron chi connectivity index (χ0n) is 9.39. The van der Waals surface area contributed by atoms with E-state index in [0.717, 1.165) is 32.1 Å². The number of aliphatic hydroxyl groups is 1. The fourth-order valence-corrected chi connectivity index (χ4v) is 1.37. The number of aliphatic hydroxyl groups excluding tert-OH is 1. The number of nitro groups is 1. The van der Waals surface area contributed by atoms with Gasteiger partial charge in [-0.15, -0.1) is 0 Å². The normalized spacial score (nSPS) is 13.2. The first-order chi connectivity index (χ1) is 7.16. The van der Waals surface area contributed by atoms with Gasteiger partial charge in [0.1, 0.15) is 6.10 Å². The molecule has 15 heavy (non-hydrogen) atoms. The van der Waals surface area contributed by atoms with Crippen LogP contribution < -0.4 is 0 Å². The Kier molecular flexibility index (Phi) is 9.07. The molecule has 0 fully saturated rings. The molecule has 0 aliphatic heterocycles. The zero-order valence-corrected chi connectivity index (χ0v) is 9.39. The van der Waals surface area contributed by atoms with Crippen molar-refractivity contribution in [3.05, 3.63) is 22.3 Å². The second-order valence-electron chi connectivity index (χ2n) is 3.69. The molecule has 0 amide bonds. The van der Waals surface area contributed by atoms with Crippen LogP contribution in [0.25, 0.3) is 0 Å². The lowest BCUT2D eigenvalue weighted by Crippen LogP contribution is -2.18. The van der Waals surface area contributed by atoms with E-state index in [-0.39, 0.29) is 6.54 Å². The minimum absolute atomic E-state index is 0.324. The van der Waals surface area contributed by atoms with Gasteiger partial charge in [0, 0.05) is 4.92 Å². The highest BCUT2D eigenvalue weighted by molar-refractivity contribution is 4.79. The Morgan fingerprint density at radius 3 is 2.67 bits per heavy atom. The summed E-state index contributed by atoms with van der Waals surface area (Å²) in [5, 5.41) is 19.3. The van der Waals surface area contributed by atoms with Crippen molar-refractivity contribution in [1.82, 2.24) is 0 Å². The van der Waals surface area contributed by atoms with Crippen molar-refractivity contribution in [2.24, 2.45) is 0 Å². The molecule has 0 spiro atoms. The number of rotatable bonds is 9. The fourth-order valence-electron chi connectivity index (χ4n) is 1.37. The predicted octanol–water partition coefficient (Wildman–Crippen LogP) is 2.54. The van der Waals surface area contributed by atoms with E-state index in [1.54, 1.807) is 0 Å². The van der Waals surface area contributed by atoms with Crippen LogP contribution in [0.15, 0.2) is 12.2 Å². The van der Waals surface area contributed by atoms with Crippen LogP contribution in [0.2, 0.25) is 0 Å². The Morgan fingerprint density at radius 1 is 1.33 bits per heavy atom. The maximum Gasteiger partial charge on any atom is 0.229 e. The van der Waals surface area contributed by atoms with Crippen LogP contribution in [0, 0.1) is 10.1 Å². The van der Waals surface area contributed by atoms with Crippen LogP contribution in [0.3, 0.4) is 0 Å². The van der Waals surface area contributed by atoms with E-state index >= 15 is 0 Å². The van der Waals surface area contributed by atoms with Crippen LogP contribution in [0.1, 0.15) is 45.4 Å². The van der Waals surface area contributed by atoms with Gasteiger partial charge < -0.3 is 5.11 Å². The van der Waals surface area contributed by atoms with Gasteiger partial charge >= 0.3 is 0 Å². The molecule has 0 aliphatic carbocycles. The average Bonchev–Trinajstić information content (AvgIpc) is 2.15. The molecule has 0 aromatic heterocycles. The van der Waals surface area contributed by atoms with Crippen molar-refractivity contribution in [2.75, 3.05) is 6.54 Å². The molecule has 0 bridgehead atoms. The highest BCUT2D eigenvalue weighted by atomic mass is 16.6. The predicted molar refractivity (Wildman–Crippen MR) is 60.4 cm³/mol. The van der Waals surface area contributed by atoms with Gasteiger partial charge in [0.2, 0.25) is 6.54 Å². The molecule has 0 rings (SSSR count). The lowest BCUT2D eigenvalue weighted by Gasteiger charge is -2.04. The van der Waals surface area contributed by atoms with Crippen molar-refractivity contribution in [2.45, 2.75) is 51.6 Å². The van der Waals surface area contributed by atoms with E-state index in [4.69, 9.17) is 0 Å². The Balaban J connectivity index is 3.23. The number of allylic oxidation sites excluding steroid dienone is 2. The van der Waals surface area contributed by atoms with Crippen molar-refractivity contribution in [3.63, 3.8) is 0 Å². The lowest BCUT2D eigenvalue weighted by molar-refractivity contribution is -0.490. The van der Waals surface area contributed by atoms with Gasteiger partial charge in [-0.25, -0.2) is 0 Å². The van der Waals surface area contributed by atoms with Gasteiger partial charge in [-0.1, -0.05) is 31.9 Å². The summed E-state index contributed by atoms with van der Waals surface area (Å²) < 4.78 is 0. The van der Waals surface area contributed by atoms with Gasteiger partial charge in [-0.2, -0.15) is 0 Å². The van der Waals surface area contributed by atoms with Gasteiger partial charge in [0.25, 0.3) is 0 Å². The Morgan fingerprint density at radius 2 is 2.07 bits per heavy atom. The first-order valence-corrected chi connectivity index (χ1v) is 5.61. The highest BCUT2D eigenvalue weighted by Gasteiger charge is 2.09. The summed E-state index contributed by atoms with van der Waals surface area (Å²) in [7, 11) is 0. The largest absolute Gasteiger partial charge is 0.386 e. The maximum atomic E-state index is 10.1. The molecule has 0 saturated carbocycles. The van der Waals surface area contributed by atoms with E-state index in [0.29, 0.717) is 6.42 Å². The third-order valence-corrected chi connectivity index (χ3v) is 2.17. The minimum Gasteiger partial charge on any atom is -0.386 e. The molecule has 1 atom stereocenters. The van der Waals surface area contributed by atoms with Crippen molar-refractivity contribution < 1.29 is 10.0 Å². The van der Waals surface area contributed by atoms with E-state index in [1.165, 1.54) is 0 Å². The molecule has 1 unspecified atom stereocenters. The van der Waals surface area contributed by atoms with Crippen LogP contribution in [-0.4, -0.2) is 22.7 Å². The number of unbranched alkanes of at least 4 members (excludes halogenated alkanes) is 3. The first-order valence-electron chi connectivity index (χ1n) is 5.61. The first kappa shape index (κ1) is 14.1. The second kappa shape index (κ2) is 9.65. The number of hydrogen-bond acceptors (Lipinski definition) is 3. The third-order valence-electron chi connectivity index (χ3n) is 2.17. The molecule has 88 valence electrons. The van der Waals surface area contributed by atoms with E-state index in [2.05, 4.69) is 19.1 Å². The Labute approximate surface area is 91.1 Å². The fraction of sp³-hybridized carbons (Fsp3) is 0.818. The molecule has 0 radical (unpaired) electrons. The molecule has 0 aromatic rings. The molecule has 0 aromatic carbocycles. The van der Waals surface area contributed by atoms with E-state index in [9.17, 15) is 15.2 Å². The van der Waals surface area contributed by atoms with Crippen LogP contribution in [-0.2, 0) is 0 Å². The van der Waals surface area contributed by atoms with Gasteiger partial charge in [-0.3, -0.25) is 10.1 Å². The summed E-state index contributed by atoms with van der Waals surface area (Å²) in [6.45, 7) is 1.78. The molecule has 1 N–H and O–H groups in total. The average molecular weight is 215 g/mol. The third kappa shape index (κ3) is 11.0. The smallest absolute Gasteiger partial charge is 0.229 e. The molecule has 0 aliphatic rings. The van der Waals surface area contributed by atoms with Crippen LogP contribution >= 0.6 is 0 Å². The van der Waals surface area contributed by atoms with E-state index < -0.39 is 11.0 Å². The van der Waals surface area contributed by atoms with Gasteiger partial charge in [0.15, 0.2) is 0 Å². The summed E-state index contributed by atoms with van der Waals surface area (Å²) in [5.41, 5.74) is 0. The van der Waals surface area contributed by atoms with Crippen molar-refractivity contribution in [1.29, 1.82) is 0 Å². The number of nitrogens with zero attached hydrogens (tertiary/aromatic N) is 1. The van der Waals surface area contributed by atoms with Crippen molar-refractivity contribution >= 4 is 0 Å². The minimum atomic E-state index is -0.772. The quantitative estimate of drug-likeness (QED) is 0.278. The summed E-state index contributed by atoms with van der Waals surface area (Å²) in [6.07, 6.45) is 9.21. The molecule has 0 heterocycles. The monoisotopic (exact) mass is 215 g/mol. The highest BCUT2D eigenvalue weighted by Crippen LogP contribution is 2.06. The van der Waals surface area contributed by atoms with Crippen LogP contribution in [0.5, 0.6) is 0 Å². The summed E-state index contributed by atoms with van der Waals surface area (Å²) in [4.78, 5) is 9.59. The maximum absolute atomic E-state index is 10.1. The number of hydrogen-bond donors (Lipinski definition) is 1. The Hall–Kier alpha value is -0.900. The Bertz CT molecular complexity index is 192. The van der Waals surface area contributed by atoms with Crippen molar-refractivity contribution in [3.8, 4) is 0 Å². The SMILES string of the molecule is CC/C=C/CCCCCC(O)C[N+](=O)[O-]. The molecule has 4 heteroatoms. The second-order valence-corrected chi connectivity index (χ2v) is 3.69. The topological polar surface area (TPSA) is 63.4 Å². The zero-order chi connectivity index (χ0) is 11.5. The van der Waals surface area contributed by atoms with E-state index in [1.807, 2.05) is 0 Å². The summed E-state index contributed by atoms with van der Waals surface area (Å²) >= 11 is 0. The lowest BCUT2D eigenvalue weighted by atomic mass is 10.1. The standard InChI is InChI=1S/C11H21NO3/c1-2-3-4-5-6-7-8-9-11(13)10-12(14)15/h3-4,11,13H,2,5-10H2,1H3/b4-3+. The summed E-state index contributed by atoms with van der Waals surface area (Å²) in [5.74, 6) is 0. The molecular weight excluding hydrogens is 194 g/mol. The van der Waals surface area contributed by atoms with Gasteiger partial charge in [-0.05, 0) is 25.7 Å². The van der Waals surface area contributed by atoms with Gasteiger partial charge in [0.05, 0.1) is 0 Å². The molecule has 4 nitrogen and oxygen atoms in total. The van der Waals surface area contributed by atoms with Crippen LogP contribution in [0.4, 0.5) is 0 Å². The molecular formula is C11H21NO3. The molecule has 0 saturated heterocycles. The summed E-state index contributed by atoms with van der Waals surface area (Å²) in [6, 6.07) is 0.